The largest absolute Gasteiger partial charge is 0.377 e. The average molecular weight is 222 g/mol. The van der Waals surface area contributed by atoms with Gasteiger partial charge in [-0.1, -0.05) is 13.3 Å². The van der Waals surface area contributed by atoms with Crippen LogP contribution in [-0.2, 0) is 4.74 Å². The maximum absolute atomic E-state index is 6.25. The molecule has 1 rings (SSSR count). The SMILES string of the molecule is CCCC(OCC)C(N)c1cnccc1C. The highest BCUT2D eigenvalue weighted by atomic mass is 16.5. The lowest BCUT2D eigenvalue weighted by Gasteiger charge is -2.24. The third-order valence-electron chi connectivity index (χ3n) is 2.79. The van der Waals surface area contributed by atoms with Crippen LogP contribution in [0.25, 0.3) is 0 Å². The Morgan fingerprint density at radius 1 is 1.44 bits per heavy atom. The van der Waals surface area contributed by atoms with Crippen LogP contribution in [0, 0.1) is 6.92 Å². The monoisotopic (exact) mass is 222 g/mol. The predicted molar refractivity (Wildman–Crippen MR) is 66.2 cm³/mol. The molecule has 0 fully saturated rings. The van der Waals surface area contributed by atoms with Gasteiger partial charge in [0.25, 0.3) is 0 Å². The van der Waals surface area contributed by atoms with Crippen LogP contribution in [0.3, 0.4) is 0 Å². The van der Waals surface area contributed by atoms with Crippen LogP contribution in [-0.4, -0.2) is 17.7 Å². The Bertz CT molecular complexity index is 309. The molecule has 0 radical (unpaired) electrons. The van der Waals surface area contributed by atoms with Crippen molar-refractivity contribution in [2.24, 2.45) is 5.73 Å². The van der Waals surface area contributed by atoms with Gasteiger partial charge in [-0.2, -0.15) is 0 Å². The summed E-state index contributed by atoms with van der Waals surface area (Å²) < 4.78 is 5.70. The van der Waals surface area contributed by atoms with Crippen molar-refractivity contribution in [1.29, 1.82) is 0 Å². The maximum atomic E-state index is 6.25. The van der Waals surface area contributed by atoms with Crippen molar-refractivity contribution in [1.82, 2.24) is 4.98 Å². The lowest BCUT2D eigenvalue weighted by atomic mass is 9.97. The number of hydrogen-bond donors (Lipinski definition) is 1. The molecule has 0 amide bonds. The van der Waals surface area contributed by atoms with E-state index in [0.29, 0.717) is 6.61 Å². The first kappa shape index (κ1) is 13.1. The van der Waals surface area contributed by atoms with Crippen molar-refractivity contribution >= 4 is 0 Å². The fraction of sp³-hybridized carbons (Fsp3) is 0.615. The summed E-state index contributed by atoms with van der Waals surface area (Å²) in [6.07, 6.45) is 5.81. The summed E-state index contributed by atoms with van der Waals surface area (Å²) in [6.45, 7) is 6.92. The van der Waals surface area contributed by atoms with Crippen molar-refractivity contribution in [3.8, 4) is 0 Å². The molecule has 0 aliphatic heterocycles. The van der Waals surface area contributed by atoms with Gasteiger partial charge in [0.1, 0.15) is 0 Å². The highest BCUT2D eigenvalue weighted by Gasteiger charge is 2.20. The Morgan fingerprint density at radius 3 is 2.75 bits per heavy atom. The van der Waals surface area contributed by atoms with Gasteiger partial charge in [0.15, 0.2) is 0 Å². The van der Waals surface area contributed by atoms with E-state index in [1.807, 2.05) is 19.2 Å². The van der Waals surface area contributed by atoms with Crippen molar-refractivity contribution in [2.75, 3.05) is 6.61 Å². The second kappa shape index (κ2) is 6.61. The number of hydrogen-bond acceptors (Lipinski definition) is 3. The number of ether oxygens (including phenoxy) is 1. The van der Waals surface area contributed by atoms with E-state index in [2.05, 4.69) is 18.8 Å². The molecule has 0 aliphatic carbocycles. The molecule has 0 saturated heterocycles. The van der Waals surface area contributed by atoms with E-state index in [0.717, 1.165) is 18.4 Å². The number of aromatic nitrogens is 1. The predicted octanol–water partition coefficient (Wildman–Crippen LogP) is 2.60. The third kappa shape index (κ3) is 3.29. The Hall–Kier alpha value is -0.930. The fourth-order valence-corrected chi connectivity index (χ4v) is 1.89. The number of nitrogens with zero attached hydrogens (tertiary/aromatic N) is 1. The topological polar surface area (TPSA) is 48.1 Å². The van der Waals surface area contributed by atoms with Gasteiger partial charge in [-0.15, -0.1) is 0 Å². The second-order valence-electron chi connectivity index (χ2n) is 4.04. The molecule has 0 bridgehead atoms. The fourth-order valence-electron chi connectivity index (χ4n) is 1.89. The molecule has 1 aromatic rings. The number of rotatable bonds is 6. The quantitative estimate of drug-likeness (QED) is 0.804. The Morgan fingerprint density at radius 2 is 2.19 bits per heavy atom. The van der Waals surface area contributed by atoms with Gasteiger partial charge in [-0.3, -0.25) is 4.98 Å². The minimum absolute atomic E-state index is 0.0754. The van der Waals surface area contributed by atoms with Gasteiger partial charge in [-0.25, -0.2) is 0 Å². The molecule has 3 nitrogen and oxygen atoms in total. The van der Waals surface area contributed by atoms with Crippen LogP contribution < -0.4 is 5.73 Å². The molecule has 0 aliphatic rings. The van der Waals surface area contributed by atoms with E-state index in [4.69, 9.17) is 10.5 Å². The van der Waals surface area contributed by atoms with E-state index in [-0.39, 0.29) is 12.1 Å². The van der Waals surface area contributed by atoms with E-state index in [9.17, 15) is 0 Å². The first-order valence-corrected chi connectivity index (χ1v) is 5.98. The Kier molecular flexibility index (Phi) is 5.43. The first-order valence-electron chi connectivity index (χ1n) is 5.98. The smallest absolute Gasteiger partial charge is 0.0768 e. The molecule has 2 N–H and O–H groups in total. The zero-order valence-corrected chi connectivity index (χ0v) is 10.4. The molecule has 16 heavy (non-hydrogen) atoms. The summed E-state index contributed by atoms with van der Waals surface area (Å²) >= 11 is 0. The van der Waals surface area contributed by atoms with Gasteiger partial charge < -0.3 is 10.5 Å². The summed E-state index contributed by atoms with van der Waals surface area (Å²) in [5.41, 5.74) is 8.52. The molecule has 3 heteroatoms. The molecule has 1 heterocycles. The molecule has 0 spiro atoms. The van der Waals surface area contributed by atoms with Gasteiger partial charge in [0, 0.05) is 19.0 Å². The van der Waals surface area contributed by atoms with Crippen molar-refractivity contribution in [3.05, 3.63) is 29.6 Å². The van der Waals surface area contributed by atoms with Crippen LogP contribution >= 0.6 is 0 Å². The number of pyridine rings is 1. The van der Waals surface area contributed by atoms with Crippen LogP contribution in [0.2, 0.25) is 0 Å². The molecule has 1 aromatic heterocycles. The summed E-state index contributed by atoms with van der Waals surface area (Å²) in [5.74, 6) is 0. The molecule has 90 valence electrons. The highest BCUT2D eigenvalue weighted by molar-refractivity contribution is 5.25. The minimum atomic E-state index is -0.0754. The summed E-state index contributed by atoms with van der Waals surface area (Å²) in [6, 6.07) is 1.91. The van der Waals surface area contributed by atoms with Gasteiger partial charge in [0.2, 0.25) is 0 Å². The normalized spacial score (nSPS) is 14.8. The molecular weight excluding hydrogens is 200 g/mol. The van der Waals surface area contributed by atoms with Crippen molar-refractivity contribution in [3.63, 3.8) is 0 Å². The van der Waals surface area contributed by atoms with Crippen molar-refractivity contribution in [2.45, 2.75) is 45.8 Å². The average Bonchev–Trinajstić information content (AvgIpc) is 2.28. The first-order chi connectivity index (χ1) is 7.70. The van der Waals surface area contributed by atoms with Gasteiger partial charge in [0.05, 0.1) is 12.1 Å². The zero-order valence-electron chi connectivity index (χ0n) is 10.4. The Labute approximate surface area is 98.0 Å². The van der Waals surface area contributed by atoms with Crippen molar-refractivity contribution < 1.29 is 4.74 Å². The summed E-state index contributed by atoms with van der Waals surface area (Å²) in [4.78, 5) is 4.13. The van der Waals surface area contributed by atoms with Gasteiger partial charge in [-0.05, 0) is 37.5 Å². The van der Waals surface area contributed by atoms with Crippen LogP contribution in [0.15, 0.2) is 18.5 Å². The molecule has 2 unspecified atom stereocenters. The summed E-state index contributed by atoms with van der Waals surface area (Å²) in [7, 11) is 0. The molecular formula is C13H22N2O. The maximum Gasteiger partial charge on any atom is 0.0768 e. The van der Waals surface area contributed by atoms with Crippen LogP contribution in [0.1, 0.15) is 43.9 Å². The molecule has 0 saturated carbocycles. The standard InChI is InChI=1S/C13H22N2O/c1-4-6-12(16-5-2)13(14)11-9-15-8-7-10(11)3/h7-9,12-13H,4-6,14H2,1-3H3. The van der Waals surface area contributed by atoms with Crippen LogP contribution in [0.4, 0.5) is 0 Å². The minimum Gasteiger partial charge on any atom is -0.377 e. The number of nitrogens with two attached hydrogens (primary N) is 1. The van der Waals surface area contributed by atoms with E-state index in [1.165, 1.54) is 5.56 Å². The third-order valence-corrected chi connectivity index (χ3v) is 2.79. The van der Waals surface area contributed by atoms with E-state index < -0.39 is 0 Å². The zero-order chi connectivity index (χ0) is 12.0. The van der Waals surface area contributed by atoms with Gasteiger partial charge >= 0.3 is 0 Å². The lowest BCUT2D eigenvalue weighted by Crippen LogP contribution is -2.29. The highest BCUT2D eigenvalue weighted by Crippen LogP contribution is 2.22. The molecule has 0 aromatic carbocycles. The van der Waals surface area contributed by atoms with E-state index >= 15 is 0 Å². The summed E-state index contributed by atoms with van der Waals surface area (Å²) in [5, 5.41) is 0. The second-order valence-corrected chi connectivity index (χ2v) is 4.04. The molecule has 2 atom stereocenters. The van der Waals surface area contributed by atoms with Crippen LogP contribution in [0.5, 0.6) is 0 Å². The Balaban J connectivity index is 2.81. The van der Waals surface area contributed by atoms with E-state index in [1.54, 1.807) is 6.20 Å². The lowest BCUT2D eigenvalue weighted by molar-refractivity contribution is 0.0372. The number of aryl methyl sites for hydroxylation is 1.